The quantitative estimate of drug-likeness (QED) is 0.859. The fourth-order valence-corrected chi connectivity index (χ4v) is 2.04. The van der Waals surface area contributed by atoms with Crippen molar-refractivity contribution < 1.29 is 13.2 Å². The fourth-order valence-electron chi connectivity index (χ4n) is 2.04. The minimum Gasteiger partial charge on any atom is -0.345 e. The van der Waals surface area contributed by atoms with Gasteiger partial charge < -0.3 is 10.7 Å². The molecule has 0 bridgehead atoms. The van der Waals surface area contributed by atoms with Crippen LogP contribution in [0.4, 0.5) is 13.2 Å². The van der Waals surface area contributed by atoms with E-state index in [1.54, 1.807) is 13.1 Å². The van der Waals surface area contributed by atoms with Crippen molar-refractivity contribution in [3.8, 4) is 0 Å². The summed E-state index contributed by atoms with van der Waals surface area (Å²) in [6, 6.07) is -0.393. The summed E-state index contributed by atoms with van der Waals surface area (Å²) in [5.41, 5.74) is 5.10. The van der Waals surface area contributed by atoms with Gasteiger partial charge in [0.05, 0.1) is 11.1 Å². The standard InChI is InChI=1S/C11H16F3N3/c1-7-16-6-9(17-7)8(15)2-3-10(4-5-10)11(12,13)14/h6,8H,2-5,15H2,1H3,(H,16,17)/t8-/m0/s1. The SMILES string of the molecule is Cc1ncc([C@@H](N)CCC2(C(F)(F)F)CC2)[nH]1. The zero-order valence-corrected chi connectivity index (χ0v) is 9.64. The second-order valence-corrected chi connectivity index (χ2v) is 4.85. The zero-order valence-electron chi connectivity index (χ0n) is 9.64. The summed E-state index contributed by atoms with van der Waals surface area (Å²) in [6.07, 6.45) is -1.57. The molecule has 0 aromatic carbocycles. The van der Waals surface area contributed by atoms with Crippen molar-refractivity contribution in [2.75, 3.05) is 0 Å². The molecule has 1 aliphatic rings. The second-order valence-electron chi connectivity index (χ2n) is 4.85. The van der Waals surface area contributed by atoms with Crippen LogP contribution in [0.25, 0.3) is 0 Å². The van der Waals surface area contributed by atoms with Crippen LogP contribution in [-0.2, 0) is 0 Å². The molecule has 0 amide bonds. The van der Waals surface area contributed by atoms with E-state index in [1.165, 1.54) is 0 Å². The molecule has 96 valence electrons. The summed E-state index contributed by atoms with van der Waals surface area (Å²) in [6.45, 7) is 1.79. The molecule has 3 nitrogen and oxygen atoms in total. The van der Waals surface area contributed by atoms with E-state index in [4.69, 9.17) is 5.73 Å². The molecule has 1 fully saturated rings. The molecule has 1 aromatic heterocycles. The molecule has 3 N–H and O–H groups in total. The summed E-state index contributed by atoms with van der Waals surface area (Å²) in [7, 11) is 0. The maximum absolute atomic E-state index is 12.7. The molecule has 0 unspecified atom stereocenters. The van der Waals surface area contributed by atoms with Crippen LogP contribution in [0.1, 0.15) is 43.2 Å². The Labute approximate surface area is 97.6 Å². The molecule has 0 aliphatic heterocycles. The number of alkyl halides is 3. The minimum absolute atomic E-state index is 0.107. The van der Waals surface area contributed by atoms with Crippen molar-refractivity contribution in [1.29, 1.82) is 0 Å². The third kappa shape index (κ3) is 2.46. The van der Waals surface area contributed by atoms with E-state index in [1.807, 2.05) is 0 Å². The van der Waals surface area contributed by atoms with Gasteiger partial charge in [-0.2, -0.15) is 13.2 Å². The average molecular weight is 247 g/mol. The Kier molecular flexibility index (Phi) is 2.93. The fraction of sp³-hybridized carbons (Fsp3) is 0.727. The molecule has 1 aliphatic carbocycles. The lowest BCUT2D eigenvalue weighted by molar-refractivity contribution is -0.189. The van der Waals surface area contributed by atoms with E-state index in [0.717, 1.165) is 5.82 Å². The number of H-pyrrole nitrogens is 1. The molecule has 17 heavy (non-hydrogen) atoms. The van der Waals surface area contributed by atoms with Gasteiger partial charge in [-0.05, 0) is 32.6 Å². The Morgan fingerprint density at radius 1 is 1.53 bits per heavy atom. The molecule has 1 aromatic rings. The van der Waals surface area contributed by atoms with Gasteiger partial charge in [0, 0.05) is 12.2 Å². The van der Waals surface area contributed by atoms with E-state index in [2.05, 4.69) is 9.97 Å². The van der Waals surface area contributed by atoms with Crippen molar-refractivity contribution >= 4 is 0 Å². The summed E-state index contributed by atoms with van der Waals surface area (Å²) >= 11 is 0. The first-order chi connectivity index (χ1) is 7.84. The van der Waals surface area contributed by atoms with Gasteiger partial charge in [0.15, 0.2) is 0 Å². The highest BCUT2D eigenvalue weighted by molar-refractivity contribution is 5.07. The number of rotatable bonds is 4. The molecular formula is C11H16F3N3. The maximum Gasteiger partial charge on any atom is 0.394 e. The van der Waals surface area contributed by atoms with Gasteiger partial charge in [-0.3, -0.25) is 0 Å². The maximum atomic E-state index is 12.7. The predicted molar refractivity (Wildman–Crippen MR) is 57.2 cm³/mol. The normalized spacial score (nSPS) is 20.3. The molecule has 1 atom stereocenters. The van der Waals surface area contributed by atoms with Crippen LogP contribution in [-0.4, -0.2) is 16.1 Å². The molecule has 0 spiro atoms. The van der Waals surface area contributed by atoms with Gasteiger partial charge in [0.1, 0.15) is 5.82 Å². The number of nitrogens with two attached hydrogens (primary N) is 1. The first-order valence-electron chi connectivity index (χ1n) is 5.68. The third-order valence-electron chi connectivity index (χ3n) is 3.51. The number of halogens is 3. The van der Waals surface area contributed by atoms with Crippen LogP contribution in [0, 0.1) is 12.3 Å². The number of nitrogens with one attached hydrogen (secondary N) is 1. The van der Waals surface area contributed by atoms with Gasteiger partial charge in [-0.25, -0.2) is 4.98 Å². The Bertz CT molecular complexity index is 393. The largest absolute Gasteiger partial charge is 0.394 e. The van der Waals surface area contributed by atoms with Crippen molar-refractivity contribution in [3.05, 3.63) is 17.7 Å². The first-order valence-corrected chi connectivity index (χ1v) is 5.68. The highest BCUT2D eigenvalue weighted by Gasteiger charge is 2.62. The zero-order chi connectivity index (χ0) is 12.7. The predicted octanol–water partition coefficient (Wildman–Crippen LogP) is 2.84. The topological polar surface area (TPSA) is 54.7 Å². The second kappa shape index (κ2) is 4.01. The summed E-state index contributed by atoms with van der Waals surface area (Å²) in [5.74, 6) is 0.729. The summed E-state index contributed by atoms with van der Waals surface area (Å²) in [5, 5.41) is 0. The van der Waals surface area contributed by atoms with E-state index in [9.17, 15) is 13.2 Å². The number of aromatic nitrogens is 2. The van der Waals surface area contributed by atoms with Crippen LogP contribution in [0.5, 0.6) is 0 Å². The molecule has 1 saturated carbocycles. The summed E-state index contributed by atoms with van der Waals surface area (Å²) < 4.78 is 38.1. The monoisotopic (exact) mass is 247 g/mol. The first kappa shape index (κ1) is 12.4. The van der Waals surface area contributed by atoms with E-state index < -0.39 is 17.6 Å². The lowest BCUT2D eigenvalue weighted by Gasteiger charge is -2.20. The lowest BCUT2D eigenvalue weighted by Crippen LogP contribution is -2.26. The van der Waals surface area contributed by atoms with E-state index in [-0.39, 0.29) is 19.3 Å². The lowest BCUT2D eigenvalue weighted by atomic mass is 9.96. The number of imidazole rings is 1. The molecule has 2 rings (SSSR count). The van der Waals surface area contributed by atoms with Crippen LogP contribution in [0.2, 0.25) is 0 Å². The van der Waals surface area contributed by atoms with E-state index >= 15 is 0 Å². The van der Waals surface area contributed by atoms with Gasteiger partial charge in [-0.1, -0.05) is 0 Å². The van der Waals surface area contributed by atoms with Crippen LogP contribution >= 0.6 is 0 Å². The smallest absolute Gasteiger partial charge is 0.345 e. The Morgan fingerprint density at radius 3 is 2.59 bits per heavy atom. The average Bonchev–Trinajstić information content (AvgIpc) is 2.91. The molecule has 1 heterocycles. The molecular weight excluding hydrogens is 231 g/mol. The number of nitrogens with zero attached hydrogens (tertiary/aromatic N) is 1. The summed E-state index contributed by atoms with van der Waals surface area (Å²) in [4.78, 5) is 6.94. The molecule has 0 radical (unpaired) electrons. The van der Waals surface area contributed by atoms with Crippen molar-refractivity contribution in [3.63, 3.8) is 0 Å². The van der Waals surface area contributed by atoms with Crippen molar-refractivity contribution in [2.45, 2.75) is 44.8 Å². The highest BCUT2D eigenvalue weighted by Crippen LogP contribution is 2.60. The minimum atomic E-state index is -4.09. The van der Waals surface area contributed by atoms with Crippen molar-refractivity contribution in [1.82, 2.24) is 9.97 Å². The van der Waals surface area contributed by atoms with E-state index in [0.29, 0.717) is 12.1 Å². The van der Waals surface area contributed by atoms with Crippen LogP contribution in [0.15, 0.2) is 6.20 Å². The Balaban J connectivity index is 1.91. The van der Waals surface area contributed by atoms with Gasteiger partial charge in [-0.15, -0.1) is 0 Å². The van der Waals surface area contributed by atoms with Gasteiger partial charge in [0.2, 0.25) is 0 Å². The highest BCUT2D eigenvalue weighted by atomic mass is 19.4. The molecule has 0 saturated heterocycles. The Hall–Kier alpha value is -1.04. The third-order valence-corrected chi connectivity index (χ3v) is 3.51. The van der Waals surface area contributed by atoms with Crippen LogP contribution in [0.3, 0.4) is 0 Å². The Morgan fingerprint density at radius 2 is 2.18 bits per heavy atom. The van der Waals surface area contributed by atoms with Gasteiger partial charge >= 0.3 is 6.18 Å². The number of aromatic amines is 1. The van der Waals surface area contributed by atoms with Gasteiger partial charge in [0.25, 0.3) is 0 Å². The van der Waals surface area contributed by atoms with Crippen LogP contribution < -0.4 is 5.73 Å². The number of hydrogen-bond donors (Lipinski definition) is 2. The van der Waals surface area contributed by atoms with Crippen molar-refractivity contribution in [2.24, 2.45) is 11.1 Å². The number of hydrogen-bond acceptors (Lipinski definition) is 2. The molecule has 6 heteroatoms. The number of aryl methyl sites for hydroxylation is 1.